The van der Waals surface area contributed by atoms with Crippen LogP contribution in [0.2, 0.25) is 0 Å². The van der Waals surface area contributed by atoms with Crippen LogP contribution in [0.5, 0.6) is 0 Å². The molecule has 0 amide bonds. The van der Waals surface area contributed by atoms with Crippen LogP contribution in [0.4, 0.5) is 0 Å². The minimum absolute atomic E-state index is 0.00159. The molecule has 1 heterocycles. The molecule has 0 unspecified atom stereocenters. The maximum Gasteiger partial charge on any atom is 0.306 e. The summed E-state index contributed by atoms with van der Waals surface area (Å²) in [4.78, 5) is 28.3. The third-order valence-electron chi connectivity index (χ3n) is 4.11. The Labute approximate surface area is 138 Å². The van der Waals surface area contributed by atoms with Crippen LogP contribution in [-0.2, 0) is 16.1 Å². The summed E-state index contributed by atoms with van der Waals surface area (Å²) in [5, 5.41) is 0. The number of Topliss-reactive ketones (excluding diaryl/α,β-unsaturated/α-hetero) is 1. The lowest BCUT2D eigenvalue weighted by Gasteiger charge is -2.32. The van der Waals surface area contributed by atoms with Crippen LogP contribution >= 0.6 is 0 Å². The van der Waals surface area contributed by atoms with E-state index in [2.05, 4.69) is 22.9 Å². The molecule has 23 heavy (non-hydrogen) atoms. The van der Waals surface area contributed by atoms with E-state index in [4.69, 9.17) is 4.74 Å². The van der Waals surface area contributed by atoms with E-state index >= 15 is 0 Å². The predicted octanol–water partition coefficient (Wildman–Crippen LogP) is 1.96. The lowest BCUT2D eigenvalue weighted by Crippen LogP contribution is -2.43. The standard InChI is InChI=1S/C18H26N2O3/c1-3-23-18(22)8-7-17(21)16-6-4-5-15(13-16)14-20-11-9-19(2)10-12-20/h4-6,13H,3,7-12,14H2,1-2H3. The Hall–Kier alpha value is -1.72. The molecule has 0 atom stereocenters. The average Bonchev–Trinajstić information content (AvgIpc) is 2.55. The fraction of sp³-hybridized carbons (Fsp3) is 0.556. The van der Waals surface area contributed by atoms with Gasteiger partial charge in [0.2, 0.25) is 0 Å². The van der Waals surface area contributed by atoms with Gasteiger partial charge in [0.05, 0.1) is 13.0 Å². The molecule has 5 heteroatoms. The predicted molar refractivity (Wildman–Crippen MR) is 89.4 cm³/mol. The SMILES string of the molecule is CCOC(=O)CCC(=O)c1cccc(CN2CCN(C)CC2)c1. The zero-order valence-electron chi connectivity index (χ0n) is 14.1. The Kier molecular flexibility index (Phi) is 6.74. The zero-order valence-corrected chi connectivity index (χ0v) is 14.1. The smallest absolute Gasteiger partial charge is 0.306 e. The Morgan fingerprint density at radius 2 is 1.87 bits per heavy atom. The molecular weight excluding hydrogens is 292 g/mol. The van der Waals surface area contributed by atoms with Gasteiger partial charge in [-0.05, 0) is 25.6 Å². The average molecular weight is 318 g/mol. The number of benzene rings is 1. The van der Waals surface area contributed by atoms with Gasteiger partial charge in [0.15, 0.2) is 5.78 Å². The Balaban J connectivity index is 1.88. The van der Waals surface area contributed by atoms with Crippen LogP contribution in [0.3, 0.4) is 0 Å². The van der Waals surface area contributed by atoms with E-state index in [0.717, 1.165) is 38.3 Å². The summed E-state index contributed by atoms with van der Waals surface area (Å²) >= 11 is 0. The number of hydrogen-bond donors (Lipinski definition) is 0. The molecule has 0 aliphatic carbocycles. The van der Waals surface area contributed by atoms with Crippen molar-refractivity contribution in [1.82, 2.24) is 9.80 Å². The second-order valence-electron chi connectivity index (χ2n) is 6.01. The van der Waals surface area contributed by atoms with Gasteiger partial charge in [0, 0.05) is 44.7 Å². The number of rotatable bonds is 7. The topological polar surface area (TPSA) is 49.9 Å². The van der Waals surface area contributed by atoms with Crippen LogP contribution < -0.4 is 0 Å². The van der Waals surface area contributed by atoms with Gasteiger partial charge in [-0.15, -0.1) is 0 Å². The highest BCUT2D eigenvalue weighted by atomic mass is 16.5. The van der Waals surface area contributed by atoms with Gasteiger partial charge in [0.1, 0.15) is 0 Å². The van der Waals surface area contributed by atoms with Crippen LogP contribution in [-0.4, -0.2) is 61.4 Å². The van der Waals surface area contributed by atoms with Gasteiger partial charge in [-0.25, -0.2) is 0 Å². The summed E-state index contributed by atoms with van der Waals surface area (Å²) < 4.78 is 4.86. The zero-order chi connectivity index (χ0) is 16.7. The molecule has 0 bridgehead atoms. The van der Waals surface area contributed by atoms with Crippen molar-refractivity contribution in [3.63, 3.8) is 0 Å². The summed E-state index contributed by atoms with van der Waals surface area (Å²) in [6.45, 7) is 7.26. The molecule has 2 rings (SSSR count). The highest BCUT2D eigenvalue weighted by Crippen LogP contribution is 2.13. The summed E-state index contributed by atoms with van der Waals surface area (Å²) in [5.41, 5.74) is 1.83. The number of ether oxygens (including phenoxy) is 1. The van der Waals surface area contributed by atoms with Crippen molar-refractivity contribution in [2.45, 2.75) is 26.3 Å². The van der Waals surface area contributed by atoms with Crippen molar-refractivity contribution in [3.8, 4) is 0 Å². The van der Waals surface area contributed by atoms with Crippen molar-refractivity contribution in [2.24, 2.45) is 0 Å². The van der Waals surface area contributed by atoms with Crippen molar-refractivity contribution in [3.05, 3.63) is 35.4 Å². The number of carbonyl (C=O) groups is 2. The molecule has 5 nitrogen and oxygen atoms in total. The molecule has 1 fully saturated rings. The number of piperazine rings is 1. The lowest BCUT2D eigenvalue weighted by atomic mass is 10.0. The van der Waals surface area contributed by atoms with E-state index in [1.54, 1.807) is 6.92 Å². The maximum absolute atomic E-state index is 12.2. The van der Waals surface area contributed by atoms with E-state index in [-0.39, 0.29) is 24.6 Å². The number of carbonyl (C=O) groups excluding carboxylic acids is 2. The molecule has 1 aliphatic heterocycles. The molecule has 126 valence electrons. The van der Waals surface area contributed by atoms with Crippen molar-refractivity contribution >= 4 is 11.8 Å². The number of ketones is 1. The molecule has 0 radical (unpaired) electrons. The van der Waals surface area contributed by atoms with Gasteiger partial charge < -0.3 is 9.64 Å². The number of nitrogens with zero attached hydrogens (tertiary/aromatic N) is 2. The van der Waals surface area contributed by atoms with Gasteiger partial charge in [0.25, 0.3) is 0 Å². The summed E-state index contributed by atoms with van der Waals surface area (Å²) in [6, 6.07) is 7.75. The van der Waals surface area contributed by atoms with E-state index in [1.807, 2.05) is 18.2 Å². The molecule has 0 N–H and O–H groups in total. The minimum atomic E-state index is -0.311. The van der Waals surface area contributed by atoms with Crippen LogP contribution in [0.25, 0.3) is 0 Å². The fourth-order valence-electron chi connectivity index (χ4n) is 2.70. The number of likely N-dealkylation sites (N-methyl/N-ethyl adjacent to an activating group) is 1. The van der Waals surface area contributed by atoms with Gasteiger partial charge in [-0.3, -0.25) is 14.5 Å². The number of hydrogen-bond acceptors (Lipinski definition) is 5. The highest BCUT2D eigenvalue weighted by molar-refractivity contribution is 5.97. The molecule has 0 spiro atoms. The molecule has 0 aromatic heterocycles. The monoisotopic (exact) mass is 318 g/mol. The first kappa shape index (κ1) is 17.6. The first-order valence-electron chi connectivity index (χ1n) is 8.27. The summed E-state index contributed by atoms with van der Waals surface area (Å²) in [5.74, 6) is -0.312. The third kappa shape index (κ3) is 5.77. The highest BCUT2D eigenvalue weighted by Gasteiger charge is 2.15. The fourth-order valence-corrected chi connectivity index (χ4v) is 2.70. The first-order valence-corrected chi connectivity index (χ1v) is 8.27. The maximum atomic E-state index is 12.2. The van der Waals surface area contributed by atoms with Crippen molar-refractivity contribution in [2.75, 3.05) is 39.8 Å². The molecule has 1 aromatic carbocycles. The Morgan fingerprint density at radius 1 is 1.13 bits per heavy atom. The van der Waals surface area contributed by atoms with Crippen molar-refractivity contribution in [1.29, 1.82) is 0 Å². The second kappa shape index (κ2) is 8.79. The third-order valence-corrected chi connectivity index (χ3v) is 4.11. The lowest BCUT2D eigenvalue weighted by molar-refractivity contribution is -0.143. The Morgan fingerprint density at radius 3 is 2.57 bits per heavy atom. The van der Waals surface area contributed by atoms with Gasteiger partial charge in [-0.2, -0.15) is 0 Å². The minimum Gasteiger partial charge on any atom is -0.466 e. The van der Waals surface area contributed by atoms with Gasteiger partial charge >= 0.3 is 5.97 Å². The molecule has 1 saturated heterocycles. The molecular formula is C18H26N2O3. The van der Waals surface area contributed by atoms with Crippen LogP contribution in [0, 0.1) is 0 Å². The van der Waals surface area contributed by atoms with Crippen molar-refractivity contribution < 1.29 is 14.3 Å². The summed E-state index contributed by atoms with van der Waals surface area (Å²) in [7, 11) is 2.14. The Bertz CT molecular complexity index is 537. The van der Waals surface area contributed by atoms with Crippen LogP contribution in [0.1, 0.15) is 35.7 Å². The quantitative estimate of drug-likeness (QED) is 0.568. The summed E-state index contributed by atoms with van der Waals surface area (Å²) in [6.07, 6.45) is 0.353. The van der Waals surface area contributed by atoms with E-state index < -0.39 is 0 Å². The van der Waals surface area contributed by atoms with E-state index in [0.29, 0.717) is 12.2 Å². The second-order valence-corrected chi connectivity index (χ2v) is 6.01. The van der Waals surface area contributed by atoms with E-state index in [9.17, 15) is 9.59 Å². The molecule has 1 aromatic rings. The largest absolute Gasteiger partial charge is 0.466 e. The molecule has 0 saturated carbocycles. The van der Waals surface area contributed by atoms with Crippen LogP contribution in [0.15, 0.2) is 24.3 Å². The normalized spacial score (nSPS) is 16.3. The van der Waals surface area contributed by atoms with E-state index in [1.165, 1.54) is 0 Å². The molecule has 1 aliphatic rings. The number of esters is 1. The first-order chi connectivity index (χ1) is 11.1. The van der Waals surface area contributed by atoms with Gasteiger partial charge in [-0.1, -0.05) is 18.2 Å².